The summed E-state index contributed by atoms with van der Waals surface area (Å²) in [6.45, 7) is 6.79. The normalized spacial score (nSPS) is 16.2. The Morgan fingerprint density at radius 3 is 2.75 bits per heavy atom. The number of ether oxygens (including phenoxy) is 1. The van der Waals surface area contributed by atoms with Crippen LogP contribution in [0.25, 0.3) is 11.1 Å². The fraction of sp³-hybridized carbons (Fsp3) is 0.353. The molecule has 1 fully saturated rings. The van der Waals surface area contributed by atoms with E-state index < -0.39 is 0 Å². The predicted molar refractivity (Wildman–Crippen MR) is 80.5 cm³/mol. The lowest BCUT2D eigenvalue weighted by molar-refractivity contribution is 0.0341. The highest BCUT2D eigenvalue weighted by atomic mass is 16.5. The summed E-state index contributed by atoms with van der Waals surface area (Å²) < 4.78 is 5.39. The molecule has 1 aromatic carbocycles. The van der Waals surface area contributed by atoms with Gasteiger partial charge in [0, 0.05) is 37.6 Å². The zero-order valence-electron chi connectivity index (χ0n) is 11.9. The maximum atomic E-state index is 5.39. The number of hydrogen-bond donors (Lipinski definition) is 0. The van der Waals surface area contributed by atoms with Crippen molar-refractivity contribution >= 4 is 0 Å². The zero-order chi connectivity index (χ0) is 13.8. The van der Waals surface area contributed by atoms with Crippen LogP contribution in [0.1, 0.15) is 11.1 Å². The van der Waals surface area contributed by atoms with Gasteiger partial charge < -0.3 is 4.74 Å². The molecule has 0 unspecified atom stereocenters. The van der Waals surface area contributed by atoms with Gasteiger partial charge in [-0.3, -0.25) is 9.88 Å². The minimum absolute atomic E-state index is 0.838. The molecule has 1 aromatic heterocycles. The maximum absolute atomic E-state index is 5.39. The summed E-state index contributed by atoms with van der Waals surface area (Å²) in [6, 6.07) is 10.7. The van der Waals surface area contributed by atoms with Crippen molar-refractivity contribution in [3.05, 3.63) is 53.9 Å². The molecule has 1 aliphatic heterocycles. The first-order chi connectivity index (χ1) is 9.83. The molecule has 2 aromatic rings. The Morgan fingerprint density at radius 2 is 1.95 bits per heavy atom. The molecule has 1 saturated heterocycles. The molecule has 0 atom stereocenters. The summed E-state index contributed by atoms with van der Waals surface area (Å²) in [4.78, 5) is 6.83. The Morgan fingerprint density at radius 1 is 1.15 bits per heavy atom. The SMILES string of the molecule is Cc1ccccc1-c1cncc(CN2CCOCC2)c1. The van der Waals surface area contributed by atoms with Gasteiger partial charge >= 0.3 is 0 Å². The summed E-state index contributed by atoms with van der Waals surface area (Å²) in [6.07, 6.45) is 3.92. The highest BCUT2D eigenvalue weighted by Crippen LogP contribution is 2.23. The van der Waals surface area contributed by atoms with Gasteiger partial charge in [-0.2, -0.15) is 0 Å². The minimum atomic E-state index is 0.838. The molecule has 20 heavy (non-hydrogen) atoms. The van der Waals surface area contributed by atoms with E-state index in [1.807, 2.05) is 12.4 Å². The van der Waals surface area contributed by atoms with Crippen molar-refractivity contribution in [3.8, 4) is 11.1 Å². The second-order valence-corrected chi connectivity index (χ2v) is 5.29. The van der Waals surface area contributed by atoms with E-state index in [1.54, 1.807) is 0 Å². The average molecular weight is 268 g/mol. The first-order valence-corrected chi connectivity index (χ1v) is 7.13. The molecule has 3 nitrogen and oxygen atoms in total. The molecule has 2 heterocycles. The Bertz CT molecular complexity index is 577. The van der Waals surface area contributed by atoms with Crippen molar-refractivity contribution in [2.75, 3.05) is 26.3 Å². The van der Waals surface area contributed by atoms with Gasteiger partial charge in [0.05, 0.1) is 13.2 Å². The van der Waals surface area contributed by atoms with Crippen LogP contribution in [-0.4, -0.2) is 36.2 Å². The lowest BCUT2D eigenvalue weighted by Crippen LogP contribution is -2.35. The molecule has 0 N–H and O–H groups in total. The van der Waals surface area contributed by atoms with Gasteiger partial charge in [-0.1, -0.05) is 24.3 Å². The molecular formula is C17H20N2O. The molecule has 0 saturated carbocycles. The van der Waals surface area contributed by atoms with Gasteiger partial charge in [-0.25, -0.2) is 0 Å². The van der Waals surface area contributed by atoms with Gasteiger partial charge in [0.1, 0.15) is 0 Å². The van der Waals surface area contributed by atoms with Crippen LogP contribution in [0.2, 0.25) is 0 Å². The molecule has 104 valence electrons. The van der Waals surface area contributed by atoms with E-state index in [-0.39, 0.29) is 0 Å². The van der Waals surface area contributed by atoms with Crippen molar-refractivity contribution < 1.29 is 4.74 Å². The van der Waals surface area contributed by atoms with Gasteiger partial charge in [-0.05, 0) is 29.7 Å². The minimum Gasteiger partial charge on any atom is -0.379 e. The largest absolute Gasteiger partial charge is 0.379 e. The van der Waals surface area contributed by atoms with E-state index in [0.717, 1.165) is 32.8 Å². The third kappa shape index (κ3) is 3.06. The Balaban J connectivity index is 1.80. The number of rotatable bonds is 3. The van der Waals surface area contributed by atoms with Crippen molar-refractivity contribution in [1.29, 1.82) is 0 Å². The highest BCUT2D eigenvalue weighted by Gasteiger charge is 2.11. The van der Waals surface area contributed by atoms with E-state index >= 15 is 0 Å². The van der Waals surface area contributed by atoms with Crippen LogP contribution in [-0.2, 0) is 11.3 Å². The summed E-state index contributed by atoms with van der Waals surface area (Å²) in [5.41, 5.74) is 5.03. The van der Waals surface area contributed by atoms with Crippen LogP contribution in [0.15, 0.2) is 42.7 Å². The van der Waals surface area contributed by atoms with Gasteiger partial charge in [-0.15, -0.1) is 0 Å². The van der Waals surface area contributed by atoms with Crippen LogP contribution in [0, 0.1) is 6.92 Å². The number of nitrogens with zero attached hydrogens (tertiary/aromatic N) is 2. The molecule has 0 radical (unpaired) electrons. The smallest absolute Gasteiger partial charge is 0.0594 e. The van der Waals surface area contributed by atoms with Crippen LogP contribution in [0.4, 0.5) is 0 Å². The summed E-state index contributed by atoms with van der Waals surface area (Å²) in [7, 11) is 0. The Kier molecular flexibility index (Phi) is 4.09. The first-order valence-electron chi connectivity index (χ1n) is 7.13. The molecule has 3 heteroatoms. The fourth-order valence-corrected chi connectivity index (χ4v) is 2.64. The van der Waals surface area contributed by atoms with Crippen LogP contribution >= 0.6 is 0 Å². The first kappa shape index (κ1) is 13.3. The third-order valence-corrected chi connectivity index (χ3v) is 3.76. The fourth-order valence-electron chi connectivity index (χ4n) is 2.64. The molecule has 3 rings (SSSR count). The average Bonchev–Trinajstić information content (AvgIpc) is 2.49. The van der Waals surface area contributed by atoms with Crippen molar-refractivity contribution in [3.63, 3.8) is 0 Å². The molecular weight excluding hydrogens is 248 g/mol. The third-order valence-electron chi connectivity index (χ3n) is 3.76. The van der Waals surface area contributed by atoms with E-state index in [1.165, 1.54) is 22.3 Å². The van der Waals surface area contributed by atoms with Crippen LogP contribution in [0.3, 0.4) is 0 Å². The number of morpholine rings is 1. The van der Waals surface area contributed by atoms with Crippen LogP contribution < -0.4 is 0 Å². The van der Waals surface area contributed by atoms with Gasteiger partial charge in [0.25, 0.3) is 0 Å². The number of aryl methyl sites for hydroxylation is 1. The lowest BCUT2D eigenvalue weighted by atomic mass is 10.0. The number of benzene rings is 1. The summed E-state index contributed by atoms with van der Waals surface area (Å²) in [5, 5.41) is 0. The lowest BCUT2D eigenvalue weighted by Gasteiger charge is -2.26. The predicted octanol–water partition coefficient (Wildman–Crippen LogP) is 2.89. The molecule has 0 spiro atoms. The van der Waals surface area contributed by atoms with Crippen molar-refractivity contribution in [1.82, 2.24) is 9.88 Å². The van der Waals surface area contributed by atoms with Crippen molar-refractivity contribution in [2.24, 2.45) is 0 Å². The van der Waals surface area contributed by atoms with E-state index in [2.05, 4.69) is 47.1 Å². The van der Waals surface area contributed by atoms with Crippen molar-refractivity contribution in [2.45, 2.75) is 13.5 Å². The molecule has 0 aliphatic carbocycles. The second-order valence-electron chi connectivity index (χ2n) is 5.29. The van der Waals surface area contributed by atoms with E-state index in [4.69, 9.17) is 4.74 Å². The second kappa shape index (κ2) is 6.16. The number of pyridine rings is 1. The molecule has 0 bridgehead atoms. The van der Waals surface area contributed by atoms with E-state index in [9.17, 15) is 0 Å². The topological polar surface area (TPSA) is 25.4 Å². The van der Waals surface area contributed by atoms with Gasteiger partial charge in [0.15, 0.2) is 0 Å². The summed E-state index contributed by atoms with van der Waals surface area (Å²) in [5.74, 6) is 0. The monoisotopic (exact) mass is 268 g/mol. The quantitative estimate of drug-likeness (QED) is 0.856. The standard InChI is InChI=1S/C17H20N2O/c1-14-4-2-3-5-17(14)16-10-15(11-18-12-16)13-19-6-8-20-9-7-19/h2-5,10-12H,6-9,13H2,1H3. The van der Waals surface area contributed by atoms with Crippen LogP contribution in [0.5, 0.6) is 0 Å². The molecule has 1 aliphatic rings. The maximum Gasteiger partial charge on any atom is 0.0594 e. The number of aromatic nitrogens is 1. The summed E-state index contributed by atoms with van der Waals surface area (Å²) >= 11 is 0. The molecule has 0 amide bonds. The van der Waals surface area contributed by atoms with Gasteiger partial charge in [0.2, 0.25) is 0 Å². The highest BCUT2D eigenvalue weighted by molar-refractivity contribution is 5.66. The van der Waals surface area contributed by atoms with E-state index in [0.29, 0.717) is 0 Å². The zero-order valence-corrected chi connectivity index (χ0v) is 11.9. The Hall–Kier alpha value is -1.71. The number of hydrogen-bond acceptors (Lipinski definition) is 3. The Labute approximate surface area is 120 Å².